The third kappa shape index (κ3) is 5.75. The molecule has 0 saturated heterocycles. The Morgan fingerprint density at radius 2 is 1.56 bits per heavy atom. The zero-order valence-electron chi connectivity index (χ0n) is 18.8. The van der Waals surface area contributed by atoms with E-state index in [1.54, 1.807) is 12.1 Å². The van der Waals surface area contributed by atoms with Crippen LogP contribution in [-0.2, 0) is 16.1 Å². The number of para-hydroxylation sites is 1. The van der Waals surface area contributed by atoms with Crippen molar-refractivity contribution in [3.8, 4) is 28.3 Å². The molecule has 4 rings (SSSR count). The maximum absolute atomic E-state index is 12.5. The number of hydrogen-bond acceptors (Lipinski definition) is 7. The average molecular weight is 456 g/mol. The highest BCUT2D eigenvalue weighted by Crippen LogP contribution is 2.27. The van der Waals surface area contributed by atoms with Crippen LogP contribution in [0.3, 0.4) is 0 Å². The Morgan fingerprint density at radius 3 is 2.32 bits per heavy atom. The van der Waals surface area contributed by atoms with E-state index in [1.807, 2.05) is 73.7 Å². The van der Waals surface area contributed by atoms with Crippen LogP contribution in [-0.4, -0.2) is 28.5 Å². The topological polar surface area (TPSA) is 91.5 Å². The van der Waals surface area contributed by atoms with Gasteiger partial charge in [-0.05, 0) is 30.2 Å². The summed E-state index contributed by atoms with van der Waals surface area (Å²) in [6, 6.07) is 24.6. The quantitative estimate of drug-likeness (QED) is 0.230. The van der Waals surface area contributed by atoms with Gasteiger partial charge in [0.05, 0.1) is 18.6 Å². The van der Waals surface area contributed by atoms with Crippen molar-refractivity contribution < 1.29 is 23.6 Å². The third-order valence-corrected chi connectivity index (χ3v) is 5.12. The van der Waals surface area contributed by atoms with E-state index in [9.17, 15) is 9.59 Å². The predicted molar refractivity (Wildman–Crippen MR) is 126 cm³/mol. The van der Waals surface area contributed by atoms with Gasteiger partial charge in [0, 0.05) is 12.0 Å². The number of hydrogen-bond donors (Lipinski definition) is 0. The summed E-state index contributed by atoms with van der Waals surface area (Å²) in [5.41, 5.74) is 3.35. The molecule has 0 amide bonds. The molecule has 0 bridgehead atoms. The van der Waals surface area contributed by atoms with Gasteiger partial charge in [-0.3, -0.25) is 9.59 Å². The summed E-state index contributed by atoms with van der Waals surface area (Å²) in [5, 5.41) is 3.94. The SMILES string of the molecule is CCOc1ccccc1-c1noc(COC(=O)CCC(=O)c2ccc(-c3ccccc3)cc2)n1. The Morgan fingerprint density at radius 1 is 0.853 bits per heavy atom. The minimum Gasteiger partial charge on any atom is -0.493 e. The van der Waals surface area contributed by atoms with Crippen LogP contribution in [0, 0.1) is 0 Å². The smallest absolute Gasteiger partial charge is 0.306 e. The summed E-state index contributed by atoms with van der Waals surface area (Å²) < 4.78 is 16.0. The molecule has 172 valence electrons. The molecule has 34 heavy (non-hydrogen) atoms. The first kappa shape index (κ1) is 22.9. The number of benzene rings is 3. The second-order valence-electron chi connectivity index (χ2n) is 7.47. The van der Waals surface area contributed by atoms with Gasteiger partial charge in [-0.1, -0.05) is 71.9 Å². The van der Waals surface area contributed by atoms with Gasteiger partial charge in [0.25, 0.3) is 5.89 Å². The molecule has 4 aromatic rings. The van der Waals surface area contributed by atoms with Gasteiger partial charge >= 0.3 is 5.97 Å². The van der Waals surface area contributed by atoms with Crippen LogP contribution in [0.2, 0.25) is 0 Å². The lowest BCUT2D eigenvalue weighted by Crippen LogP contribution is -2.08. The predicted octanol–water partition coefficient (Wildman–Crippen LogP) is 5.51. The van der Waals surface area contributed by atoms with Crippen molar-refractivity contribution in [1.29, 1.82) is 0 Å². The lowest BCUT2D eigenvalue weighted by Gasteiger charge is -2.06. The van der Waals surface area contributed by atoms with Crippen molar-refractivity contribution >= 4 is 11.8 Å². The van der Waals surface area contributed by atoms with Crippen LogP contribution in [0.25, 0.3) is 22.5 Å². The zero-order chi connectivity index (χ0) is 23.8. The number of ketones is 1. The van der Waals surface area contributed by atoms with Gasteiger partial charge in [-0.15, -0.1) is 0 Å². The highest BCUT2D eigenvalue weighted by molar-refractivity contribution is 5.97. The van der Waals surface area contributed by atoms with E-state index >= 15 is 0 Å². The molecule has 0 saturated carbocycles. The zero-order valence-corrected chi connectivity index (χ0v) is 18.8. The first-order valence-corrected chi connectivity index (χ1v) is 11.0. The number of rotatable bonds is 10. The molecule has 0 radical (unpaired) electrons. The van der Waals surface area contributed by atoms with E-state index in [4.69, 9.17) is 14.0 Å². The maximum Gasteiger partial charge on any atom is 0.306 e. The van der Waals surface area contributed by atoms with Crippen molar-refractivity contribution in [3.63, 3.8) is 0 Å². The Labute approximate surface area is 197 Å². The average Bonchev–Trinajstić information content (AvgIpc) is 3.36. The molecule has 0 aliphatic carbocycles. The minimum absolute atomic E-state index is 0.0343. The first-order chi connectivity index (χ1) is 16.6. The van der Waals surface area contributed by atoms with Crippen molar-refractivity contribution in [2.45, 2.75) is 26.4 Å². The van der Waals surface area contributed by atoms with E-state index in [-0.39, 0.29) is 31.1 Å². The normalized spacial score (nSPS) is 10.6. The molecule has 1 heterocycles. The molecule has 7 nitrogen and oxygen atoms in total. The van der Waals surface area contributed by atoms with Crippen molar-refractivity contribution in [2.75, 3.05) is 6.61 Å². The van der Waals surface area contributed by atoms with E-state index in [2.05, 4.69) is 10.1 Å². The van der Waals surface area contributed by atoms with Crippen LogP contribution in [0.1, 0.15) is 36.0 Å². The Balaban J connectivity index is 1.27. The number of ether oxygens (including phenoxy) is 2. The Bertz CT molecular complexity index is 1250. The number of aromatic nitrogens is 2. The lowest BCUT2D eigenvalue weighted by atomic mass is 10.0. The molecule has 0 spiro atoms. The van der Waals surface area contributed by atoms with Crippen molar-refractivity contribution in [2.24, 2.45) is 0 Å². The molecule has 1 aromatic heterocycles. The van der Waals surface area contributed by atoms with Gasteiger partial charge in [0.1, 0.15) is 5.75 Å². The third-order valence-electron chi connectivity index (χ3n) is 5.12. The van der Waals surface area contributed by atoms with Gasteiger partial charge in [-0.2, -0.15) is 4.98 Å². The number of carbonyl (C=O) groups excluding carboxylic acids is 2. The molecular weight excluding hydrogens is 432 g/mol. The summed E-state index contributed by atoms with van der Waals surface area (Å²) in [5.74, 6) is 0.527. The summed E-state index contributed by atoms with van der Waals surface area (Å²) in [4.78, 5) is 28.8. The Hall–Kier alpha value is -4.26. The highest BCUT2D eigenvalue weighted by atomic mass is 16.6. The van der Waals surface area contributed by atoms with Crippen LogP contribution in [0.4, 0.5) is 0 Å². The van der Waals surface area contributed by atoms with E-state index in [0.29, 0.717) is 29.3 Å². The van der Waals surface area contributed by atoms with Crippen molar-refractivity contribution in [1.82, 2.24) is 10.1 Å². The Kier molecular flexibility index (Phi) is 7.45. The molecule has 0 N–H and O–H groups in total. The van der Waals surface area contributed by atoms with E-state index in [1.165, 1.54) is 0 Å². The van der Waals surface area contributed by atoms with Crippen LogP contribution >= 0.6 is 0 Å². The first-order valence-electron chi connectivity index (χ1n) is 11.0. The second-order valence-corrected chi connectivity index (χ2v) is 7.47. The maximum atomic E-state index is 12.5. The van der Waals surface area contributed by atoms with E-state index in [0.717, 1.165) is 11.1 Å². The number of carbonyl (C=O) groups is 2. The summed E-state index contributed by atoms with van der Waals surface area (Å²) in [6.07, 6.45) is 0.0216. The molecule has 3 aromatic carbocycles. The molecule has 7 heteroatoms. The molecular formula is C27H24N2O5. The fraction of sp³-hybridized carbons (Fsp3) is 0.185. The number of Topliss-reactive ketones (excluding diaryl/α,β-unsaturated/α-hetero) is 1. The monoisotopic (exact) mass is 456 g/mol. The highest BCUT2D eigenvalue weighted by Gasteiger charge is 2.15. The van der Waals surface area contributed by atoms with Gasteiger partial charge < -0.3 is 14.0 Å². The lowest BCUT2D eigenvalue weighted by molar-refractivity contribution is -0.145. The summed E-state index contributed by atoms with van der Waals surface area (Å²) >= 11 is 0. The number of esters is 1. The van der Waals surface area contributed by atoms with Crippen LogP contribution < -0.4 is 4.74 Å². The van der Waals surface area contributed by atoms with E-state index < -0.39 is 5.97 Å². The fourth-order valence-electron chi connectivity index (χ4n) is 3.41. The summed E-state index contributed by atoms with van der Waals surface area (Å²) in [6.45, 7) is 2.24. The minimum atomic E-state index is -0.510. The number of nitrogens with zero attached hydrogens (tertiary/aromatic N) is 2. The molecule has 0 aliphatic heterocycles. The van der Waals surface area contributed by atoms with Crippen molar-refractivity contribution in [3.05, 3.63) is 90.3 Å². The van der Waals surface area contributed by atoms with Crippen LogP contribution in [0.15, 0.2) is 83.4 Å². The molecule has 0 fully saturated rings. The summed E-state index contributed by atoms with van der Waals surface area (Å²) in [7, 11) is 0. The molecule has 0 unspecified atom stereocenters. The van der Waals surface area contributed by atoms with Crippen LogP contribution in [0.5, 0.6) is 5.75 Å². The largest absolute Gasteiger partial charge is 0.493 e. The fourth-order valence-corrected chi connectivity index (χ4v) is 3.41. The second kappa shape index (κ2) is 11.0. The van der Waals surface area contributed by atoms with Gasteiger partial charge in [0.15, 0.2) is 12.4 Å². The molecule has 0 atom stereocenters. The van der Waals surface area contributed by atoms with Gasteiger partial charge in [-0.25, -0.2) is 0 Å². The molecule has 0 aliphatic rings. The van der Waals surface area contributed by atoms with Gasteiger partial charge in [0.2, 0.25) is 5.82 Å². The standard InChI is InChI=1S/C27H24N2O5/c1-2-32-24-11-7-6-10-22(24)27-28-25(34-29-27)18-33-26(31)17-16-23(30)21-14-12-20(13-15-21)19-8-4-3-5-9-19/h3-15H,2,16-18H2,1H3.